The molecular formula is C15H29N3O. The van der Waals surface area contributed by atoms with Gasteiger partial charge in [0.25, 0.3) is 0 Å². The number of rotatable bonds is 6. The molecule has 0 aliphatic carbocycles. The van der Waals surface area contributed by atoms with E-state index in [-0.39, 0.29) is 0 Å². The van der Waals surface area contributed by atoms with Crippen LogP contribution in [0, 0.1) is 0 Å². The van der Waals surface area contributed by atoms with Crippen molar-refractivity contribution in [1.82, 2.24) is 15.1 Å². The molecule has 0 spiro atoms. The van der Waals surface area contributed by atoms with E-state index in [9.17, 15) is 4.79 Å². The van der Waals surface area contributed by atoms with Crippen LogP contribution in [0.2, 0.25) is 0 Å². The second kappa shape index (κ2) is 7.85. The normalized spacial score (nSPS) is 24.9. The summed E-state index contributed by atoms with van der Waals surface area (Å²) in [6.07, 6.45) is 8.33. The van der Waals surface area contributed by atoms with Crippen molar-refractivity contribution >= 4 is 5.91 Å². The van der Waals surface area contributed by atoms with Crippen LogP contribution in [0.25, 0.3) is 0 Å². The minimum atomic E-state index is 0.333. The molecule has 1 amide bonds. The van der Waals surface area contributed by atoms with Crippen LogP contribution < -0.4 is 5.32 Å². The maximum absolute atomic E-state index is 11.8. The topological polar surface area (TPSA) is 35.6 Å². The third-order valence-electron chi connectivity index (χ3n) is 4.55. The number of nitrogens with zero attached hydrogens (tertiary/aromatic N) is 2. The van der Waals surface area contributed by atoms with Gasteiger partial charge in [0.1, 0.15) is 0 Å². The fourth-order valence-corrected chi connectivity index (χ4v) is 3.22. The largest absolute Gasteiger partial charge is 0.343 e. The van der Waals surface area contributed by atoms with E-state index in [0.29, 0.717) is 12.3 Å². The molecule has 0 aromatic carbocycles. The van der Waals surface area contributed by atoms with Gasteiger partial charge in [-0.2, -0.15) is 0 Å². The van der Waals surface area contributed by atoms with Crippen LogP contribution in [0.4, 0.5) is 0 Å². The summed E-state index contributed by atoms with van der Waals surface area (Å²) < 4.78 is 0. The van der Waals surface area contributed by atoms with Gasteiger partial charge < -0.3 is 15.1 Å². The first-order chi connectivity index (χ1) is 9.27. The van der Waals surface area contributed by atoms with Gasteiger partial charge in [-0.15, -0.1) is 0 Å². The van der Waals surface area contributed by atoms with Crippen molar-refractivity contribution in [3.8, 4) is 0 Å². The van der Waals surface area contributed by atoms with E-state index in [0.717, 1.165) is 32.2 Å². The molecule has 1 atom stereocenters. The highest BCUT2D eigenvalue weighted by Gasteiger charge is 2.19. The average molecular weight is 267 g/mol. The second-order valence-corrected chi connectivity index (χ2v) is 6.01. The maximum Gasteiger partial charge on any atom is 0.223 e. The Balaban J connectivity index is 1.50. The number of carbonyl (C=O) groups is 1. The number of carbonyl (C=O) groups excluding carboxylic acids is 1. The Morgan fingerprint density at radius 3 is 2.58 bits per heavy atom. The molecule has 0 bridgehead atoms. The van der Waals surface area contributed by atoms with Crippen LogP contribution in [0.1, 0.15) is 44.9 Å². The van der Waals surface area contributed by atoms with Crippen LogP contribution in [0.15, 0.2) is 0 Å². The third kappa shape index (κ3) is 4.77. The van der Waals surface area contributed by atoms with Crippen molar-refractivity contribution in [2.24, 2.45) is 0 Å². The molecule has 19 heavy (non-hydrogen) atoms. The summed E-state index contributed by atoms with van der Waals surface area (Å²) in [5, 5.41) is 3.43. The highest BCUT2D eigenvalue weighted by molar-refractivity contribution is 5.76. The van der Waals surface area contributed by atoms with Crippen molar-refractivity contribution in [3.63, 3.8) is 0 Å². The van der Waals surface area contributed by atoms with Crippen molar-refractivity contribution in [3.05, 3.63) is 0 Å². The van der Waals surface area contributed by atoms with Crippen LogP contribution in [-0.2, 0) is 4.79 Å². The van der Waals surface area contributed by atoms with Crippen LogP contribution in [-0.4, -0.2) is 61.5 Å². The molecule has 4 nitrogen and oxygen atoms in total. The first-order valence-corrected chi connectivity index (χ1v) is 7.96. The molecule has 0 saturated carbocycles. The van der Waals surface area contributed by atoms with Crippen molar-refractivity contribution in [2.45, 2.75) is 51.0 Å². The van der Waals surface area contributed by atoms with Gasteiger partial charge in [-0.25, -0.2) is 0 Å². The average Bonchev–Trinajstić information content (AvgIpc) is 2.94. The van der Waals surface area contributed by atoms with E-state index in [2.05, 4.69) is 17.3 Å². The molecular weight excluding hydrogens is 238 g/mol. The van der Waals surface area contributed by atoms with Crippen molar-refractivity contribution < 1.29 is 4.79 Å². The van der Waals surface area contributed by atoms with Gasteiger partial charge in [0.15, 0.2) is 0 Å². The molecule has 2 heterocycles. The molecule has 1 N–H and O–H groups in total. The number of likely N-dealkylation sites (tertiary alicyclic amines) is 2. The standard InChI is InChI=1S/C15H29N3O/c1-17-11-3-2-6-14(17)7-9-16-10-8-15(19)18-12-4-5-13-18/h14,16H,2-13H2,1H3. The fourth-order valence-electron chi connectivity index (χ4n) is 3.22. The van der Waals surface area contributed by atoms with Gasteiger partial charge in [0, 0.05) is 32.1 Å². The first-order valence-electron chi connectivity index (χ1n) is 7.96. The lowest BCUT2D eigenvalue weighted by atomic mass is 10.0. The van der Waals surface area contributed by atoms with Crippen LogP contribution in [0.3, 0.4) is 0 Å². The molecule has 0 aromatic rings. The molecule has 2 saturated heterocycles. The third-order valence-corrected chi connectivity index (χ3v) is 4.55. The molecule has 4 heteroatoms. The molecule has 0 aromatic heterocycles. The number of hydrogen-bond acceptors (Lipinski definition) is 3. The number of nitrogens with one attached hydrogen (secondary N) is 1. The van der Waals surface area contributed by atoms with Gasteiger partial charge in [0.05, 0.1) is 0 Å². The van der Waals surface area contributed by atoms with E-state index >= 15 is 0 Å². The van der Waals surface area contributed by atoms with Crippen molar-refractivity contribution in [2.75, 3.05) is 39.8 Å². The predicted molar refractivity (Wildman–Crippen MR) is 78.2 cm³/mol. The van der Waals surface area contributed by atoms with E-state index < -0.39 is 0 Å². The Hall–Kier alpha value is -0.610. The summed E-state index contributed by atoms with van der Waals surface area (Å²) in [5.74, 6) is 0.333. The smallest absolute Gasteiger partial charge is 0.223 e. The van der Waals surface area contributed by atoms with Crippen LogP contribution >= 0.6 is 0 Å². The molecule has 110 valence electrons. The first kappa shape index (κ1) is 14.8. The lowest BCUT2D eigenvalue weighted by Crippen LogP contribution is -2.38. The minimum Gasteiger partial charge on any atom is -0.343 e. The number of hydrogen-bond donors (Lipinski definition) is 1. The van der Waals surface area contributed by atoms with Gasteiger partial charge >= 0.3 is 0 Å². The fraction of sp³-hybridized carbons (Fsp3) is 0.933. The maximum atomic E-state index is 11.8. The molecule has 2 aliphatic heterocycles. The molecule has 1 unspecified atom stereocenters. The molecule has 2 rings (SSSR count). The van der Waals surface area contributed by atoms with Gasteiger partial charge in [-0.05, 0) is 52.2 Å². The number of amides is 1. The van der Waals surface area contributed by atoms with E-state index in [1.165, 1.54) is 45.1 Å². The van der Waals surface area contributed by atoms with E-state index in [1.54, 1.807) is 0 Å². The lowest BCUT2D eigenvalue weighted by Gasteiger charge is -2.32. The minimum absolute atomic E-state index is 0.333. The van der Waals surface area contributed by atoms with E-state index in [1.807, 2.05) is 4.90 Å². The summed E-state index contributed by atoms with van der Waals surface area (Å²) >= 11 is 0. The SMILES string of the molecule is CN1CCCCC1CCNCCC(=O)N1CCCC1. The Kier molecular flexibility index (Phi) is 6.11. The highest BCUT2D eigenvalue weighted by atomic mass is 16.2. The Morgan fingerprint density at radius 2 is 1.84 bits per heavy atom. The van der Waals surface area contributed by atoms with Crippen molar-refractivity contribution in [1.29, 1.82) is 0 Å². The molecule has 2 aliphatic rings. The van der Waals surface area contributed by atoms with Crippen LogP contribution in [0.5, 0.6) is 0 Å². The number of piperidine rings is 1. The Bertz CT molecular complexity index is 277. The Morgan fingerprint density at radius 1 is 1.11 bits per heavy atom. The molecule has 2 fully saturated rings. The Labute approximate surface area is 117 Å². The van der Waals surface area contributed by atoms with Gasteiger partial charge in [-0.1, -0.05) is 6.42 Å². The second-order valence-electron chi connectivity index (χ2n) is 6.01. The molecule has 0 radical (unpaired) electrons. The quantitative estimate of drug-likeness (QED) is 0.740. The predicted octanol–water partition coefficient (Wildman–Crippen LogP) is 1.46. The monoisotopic (exact) mass is 267 g/mol. The summed E-state index contributed by atoms with van der Waals surface area (Å²) in [7, 11) is 2.24. The zero-order valence-corrected chi connectivity index (χ0v) is 12.4. The summed E-state index contributed by atoms with van der Waals surface area (Å²) in [4.78, 5) is 16.3. The zero-order chi connectivity index (χ0) is 13.5. The zero-order valence-electron chi connectivity index (χ0n) is 12.4. The highest BCUT2D eigenvalue weighted by Crippen LogP contribution is 2.17. The summed E-state index contributed by atoms with van der Waals surface area (Å²) in [6, 6.07) is 0.746. The summed E-state index contributed by atoms with van der Waals surface area (Å²) in [5.41, 5.74) is 0. The van der Waals surface area contributed by atoms with E-state index in [4.69, 9.17) is 0 Å². The lowest BCUT2D eigenvalue weighted by molar-refractivity contribution is -0.130. The van der Waals surface area contributed by atoms with Gasteiger partial charge in [0.2, 0.25) is 5.91 Å². The van der Waals surface area contributed by atoms with Gasteiger partial charge in [-0.3, -0.25) is 4.79 Å². The summed E-state index contributed by atoms with van der Waals surface area (Å²) in [6.45, 7) is 5.09.